The van der Waals surface area contributed by atoms with Gasteiger partial charge in [0.1, 0.15) is 5.01 Å². The van der Waals surface area contributed by atoms with E-state index in [2.05, 4.69) is 57.8 Å². The number of hydrogen-bond donors (Lipinski definition) is 0. The minimum atomic E-state index is -0.347. The molecule has 0 saturated carbocycles. The van der Waals surface area contributed by atoms with Gasteiger partial charge in [-0.2, -0.15) is 0 Å². The van der Waals surface area contributed by atoms with Gasteiger partial charge in [0.2, 0.25) is 0 Å². The fourth-order valence-electron chi connectivity index (χ4n) is 3.18. The van der Waals surface area contributed by atoms with Crippen molar-refractivity contribution in [2.45, 2.75) is 44.9 Å². The van der Waals surface area contributed by atoms with Crippen LogP contribution in [-0.2, 0) is 14.0 Å². The number of nitrogens with zero attached hydrogens (tertiary/aromatic N) is 2. The summed E-state index contributed by atoms with van der Waals surface area (Å²) in [5.41, 5.74) is 1.37. The summed E-state index contributed by atoms with van der Waals surface area (Å²) >= 11 is 1.74. The molecule has 0 radical (unpaired) electrons. The normalized spacial score (nSPS) is 26.4. The number of rotatable bonds is 2. The minimum Gasteiger partial charge on any atom is -0.399 e. The lowest BCUT2D eigenvalue weighted by Gasteiger charge is -2.32. The van der Waals surface area contributed by atoms with Crippen molar-refractivity contribution in [2.24, 2.45) is 0 Å². The zero-order valence-corrected chi connectivity index (χ0v) is 16.4. The van der Waals surface area contributed by atoms with Crippen LogP contribution in [-0.4, -0.2) is 55.0 Å². The van der Waals surface area contributed by atoms with Gasteiger partial charge in [0.25, 0.3) is 0 Å². The van der Waals surface area contributed by atoms with Gasteiger partial charge >= 0.3 is 7.12 Å². The molecule has 2 aliphatic heterocycles. The van der Waals surface area contributed by atoms with Crippen molar-refractivity contribution in [3.05, 3.63) is 23.2 Å². The quantitative estimate of drug-likeness (QED) is 0.771. The molecular formula is C18H25BN2O3S. The van der Waals surface area contributed by atoms with E-state index < -0.39 is 0 Å². The number of aromatic nitrogens is 1. The lowest BCUT2D eigenvalue weighted by molar-refractivity contribution is 0.00506. The van der Waals surface area contributed by atoms with Crippen LogP contribution >= 0.6 is 11.3 Å². The van der Waals surface area contributed by atoms with Crippen molar-refractivity contribution in [1.29, 1.82) is 0 Å². The van der Waals surface area contributed by atoms with Gasteiger partial charge in [0, 0.05) is 6.54 Å². The average molecular weight is 360 g/mol. The topological polar surface area (TPSA) is 43.8 Å². The first-order valence-corrected chi connectivity index (χ1v) is 9.62. The standard InChI is InChI=1S/C18H25BN2O3S/c1-17(2)18(3,4)24-19(23-17)12-6-7-15-13(10-12)20-16(25-15)14-11-22-9-8-21(14)5/h6-7,10,14H,8-9,11H2,1-5H3. The molecule has 0 spiro atoms. The Balaban J connectivity index is 1.63. The number of benzene rings is 1. The number of ether oxygens (including phenoxy) is 1. The summed E-state index contributed by atoms with van der Waals surface area (Å²) in [7, 11) is 1.79. The van der Waals surface area contributed by atoms with Crippen LogP contribution < -0.4 is 5.46 Å². The lowest BCUT2D eigenvalue weighted by atomic mass is 9.79. The molecule has 3 heterocycles. The largest absolute Gasteiger partial charge is 0.494 e. The molecule has 0 N–H and O–H groups in total. The smallest absolute Gasteiger partial charge is 0.399 e. The zero-order chi connectivity index (χ0) is 17.8. The fourth-order valence-corrected chi connectivity index (χ4v) is 4.28. The molecule has 2 aliphatic rings. The lowest BCUT2D eigenvalue weighted by Crippen LogP contribution is -2.41. The Kier molecular flexibility index (Phi) is 4.20. The highest BCUT2D eigenvalue weighted by atomic mass is 32.1. The van der Waals surface area contributed by atoms with Crippen molar-refractivity contribution in [3.8, 4) is 0 Å². The Labute approximate surface area is 153 Å². The van der Waals surface area contributed by atoms with Gasteiger partial charge in [0.05, 0.1) is 40.7 Å². The predicted octanol–water partition coefficient (Wildman–Crippen LogP) is 2.60. The molecule has 134 valence electrons. The Morgan fingerprint density at radius 1 is 1.20 bits per heavy atom. The highest BCUT2D eigenvalue weighted by Gasteiger charge is 2.51. The summed E-state index contributed by atoms with van der Waals surface area (Å²) in [5, 5.41) is 1.11. The third-order valence-electron chi connectivity index (χ3n) is 5.63. The molecule has 0 aliphatic carbocycles. The van der Waals surface area contributed by atoms with E-state index in [0.29, 0.717) is 6.61 Å². The van der Waals surface area contributed by atoms with Crippen molar-refractivity contribution in [1.82, 2.24) is 9.88 Å². The first kappa shape index (κ1) is 17.4. The number of fused-ring (bicyclic) bond motifs is 1. The van der Waals surface area contributed by atoms with Crippen LogP contribution in [0.2, 0.25) is 0 Å². The summed E-state index contributed by atoms with van der Waals surface area (Å²) in [6, 6.07) is 6.56. The molecule has 1 aromatic carbocycles. The summed E-state index contributed by atoms with van der Waals surface area (Å²) in [4.78, 5) is 7.19. The first-order valence-electron chi connectivity index (χ1n) is 8.81. The molecule has 1 atom stereocenters. The molecule has 4 rings (SSSR count). The van der Waals surface area contributed by atoms with E-state index in [1.165, 1.54) is 4.70 Å². The van der Waals surface area contributed by atoms with E-state index in [0.717, 1.165) is 29.1 Å². The van der Waals surface area contributed by atoms with Crippen molar-refractivity contribution in [2.75, 3.05) is 26.8 Å². The van der Waals surface area contributed by atoms with Gasteiger partial charge in [0.15, 0.2) is 0 Å². The van der Waals surface area contributed by atoms with E-state index in [-0.39, 0.29) is 24.4 Å². The Morgan fingerprint density at radius 3 is 2.60 bits per heavy atom. The van der Waals surface area contributed by atoms with E-state index in [1.807, 2.05) is 0 Å². The average Bonchev–Trinajstić information content (AvgIpc) is 3.05. The minimum absolute atomic E-state index is 0.242. The van der Waals surface area contributed by atoms with Crippen LogP contribution in [0.3, 0.4) is 0 Å². The SMILES string of the molecule is CN1CCOCC1c1nc2cc(B3OC(C)(C)C(C)(C)O3)ccc2s1. The second-order valence-electron chi connectivity index (χ2n) is 7.94. The third-order valence-corrected chi connectivity index (χ3v) is 6.77. The molecule has 2 saturated heterocycles. The molecule has 5 nitrogen and oxygen atoms in total. The van der Waals surface area contributed by atoms with Crippen LogP contribution in [0.15, 0.2) is 18.2 Å². The number of likely N-dealkylation sites (N-methyl/N-ethyl adjacent to an activating group) is 1. The molecule has 2 fully saturated rings. The summed E-state index contributed by atoms with van der Waals surface area (Å²) in [6.07, 6.45) is 0. The fraction of sp³-hybridized carbons (Fsp3) is 0.611. The summed E-state index contributed by atoms with van der Waals surface area (Å²) < 4.78 is 19.2. The van der Waals surface area contributed by atoms with Crippen LogP contribution in [0.4, 0.5) is 0 Å². The second kappa shape index (κ2) is 6.03. The maximum absolute atomic E-state index is 6.16. The molecular weight excluding hydrogens is 335 g/mol. The van der Waals surface area contributed by atoms with Crippen LogP contribution in [0, 0.1) is 0 Å². The Morgan fingerprint density at radius 2 is 1.92 bits per heavy atom. The van der Waals surface area contributed by atoms with E-state index in [1.54, 1.807) is 11.3 Å². The highest BCUT2D eigenvalue weighted by Crippen LogP contribution is 2.37. The monoisotopic (exact) mass is 360 g/mol. The van der Waals surface area contributed by atoms with Gasteiger partial charge in [-0.3, -0.25) is 4.90 Å². The number of thiazole rings is 1. The van der Waals surface area contributed by atoms with E-state index >= 15 is 0 Å². The van der Waals surface area contributed by atoms with Crippen LogP contribution in [0.5, 0.6) is 0 Å². The van der Waals surface area contributed by atoms with Gasteiger partial charge < -0.3 is 14.0 Å². The third kappa shape index (κ3) is 3.02. The van der Waals surface area contributed by atoms with Gasteiger partial charge in [-0.25, -0.2) is 4.98 Å². The maximum Gasteiger partial charge on any atom is 0.494 e. The summed E-state index contributed by atoms with van der Waals surface area (Å²) in [6.45, 7) is 10.7. The molecule has 25 heavy (non-hydrogen) atoms. The van der Waals surface area contributed by atoms with Crippen LogP contribution in [0.1, 0.15) is 38.7 Å². The van der Waals surface area contributed by atoms with Crippen LogP contribution in [0.25, 0.3) is 10.2 Å². The molecule has 2 aromatic rings. The first-order chi connectivity index (χ1) is 11.8. The van der Waals surface area contributed by atoms with Gasteiger partial charge in [-0.05, 0) is 52.3 Å². The maximum atomic E-state index is 6.16. The van der Waals surface area contributed by atoms with Crippen molar-refractivity contribution in [3.63, 3.8) is 0 Å². The predicted molar refractivity (Wildman–Crippen MR) is 102 cm³/mol. The van der Waals surface area contributed by atoms with Crippen molar-refractivity contribution < 1.29 is 14.0 Å². The van der Waals surface area contributed by atoms with Crippen molar-refractivity contribution >= 4 is 34.1 Å². The Bertz CT molecular complexity index is 776. The Hall–Kier alpha value is -0.985. The molecule has 7 heteroatoms. The summed E-state index contributed by atoms with van der Waals surface area (Å²) in [5.74, 6) is 0. The molecule has 1 aromatic heterocycles. The molecule has 1 unspecified atom stereocenters. The molecule has 0 bridgehead atoms. The number of morpholine rings is 1. The number of hydrogen-bond acceptors (Lipinski definition) is 6. The highest BCUT2D eigenvalue weighted by molar-refractivity contribution is 7.18. The zero-order valence-electron chi connectivity index (χ0n) is 15.5. The molecule has 0 amide bonds. The van der Waals surface area contributed by atoms with Gasteiger partial charge in [-0.1, -0.05) is 6.07 Å². The van der Waals surface area contributed by atoms with E-state index in [4.69, 9.17) is 19.0 Å². The second-order valence-corrected chi connectivity index (χ2v) is 9.00. The van der Waals surface area contributed by atoms with Gasteiger partial charge in [-0.15, -0.1) is 11.3 Å². The van der Waals surface area contributed by atoms with E-state index in [9.17, 15) is 0 Å².